The van der Waals surface area contributed by atoms with Crippen LogP contribution in [-0.4, -0.2) is 37.5 Å². The number of rotatable bonds is 6. The zero-order valence-electron chi connectivity index (χ0n) is 14.5. The number of amides is 1. The third kappa shape index (κ3) is 6.08. The average molecular weight is 331 g/mol. The van der Waals surface area contributed by atoms with Gasteiger partial charge in [0.1, 0.15) is 0 Å². The van der Waals surface area contributed by atoms with Crippen LogP contribution >= 0.6 is 12.4 Å². The van der Waals surface area contributed by atoms with Crippen molar-refractivity contribution in [3.63, 3.8) is 0 Å². The van der Waals surface area contributed by atoms with E-state index in [1.807, 2.05) is 7.05 Å². The topological polar surface area (TPSA) is 32.3 Å². The quantitative estimate of drug-likeness (QED) is 0.802. The average Bonchev–Trinajstić information content (AvgIpc) is 2.53. The lowest BCUT2D eigenvalue weighted by molar-refractivity contribution is -0.137. The summed E-state index contributed by atoms with van der Waals surface area (Å²) < 4.78 is 0. The molecule has 2 aliphatic rings. The van der Waals surface area contributed by atoms with Crippen LogP contribution in [-0.2, 0) is 4.79 Å². The van der Waals surface area contributed by atoms with Crippen LogP contribution in [0.15, 0.2) is 0 Å². The minimum Gasteiger partial charge on any atom is -0.342 e. The Kier molecular flexibility index (Phi) is 9.42. The fourth-order valence-corrected chi connectivity index (χ4v) is 4.13. The van der Waals surface area contributed by atoms with Gasteiger partial charge in [-0.3, -0.25) is 4.79 Å². The summed E-state index contributed by atoms with van der Waals surface area (Å²) in [5.41, 5.74) is 0. The van der Waals surface area contributed by atoms with Gasteiger partial charge in [0.2, 0.25) is 5.91 Å². The summed E-state index contributed by atoms with van der Waals surface area (Å²) in [7, 11) is 2.02. The lowest BCUT2D eigenvalue weighted by Crippen LogP contribution is -2.42. The molecular weight excluding hydrogens is 296 g/mol. The monoisotopic (exact) mass is 330 g/mol. The van der Waals surface area contributed by atoms with Gasteiger partial charge in [-0.25, -0.2) is 0 Å². The van der Waals surface area contributed by atoms with Crippen LogP contribution in [0.2, 0.25) is 0 Å². The van der Waals surface area contributed by atoms with Crippen molar-refractivity contribution in [1.82, 2.24) is 10.2 Å². The number of carbonyl (C=O) groups is 1. The molecule has 4 heteroatoms. The van der Waals surface area contributed by atoms with Crippen LogP contribution in [0.4, 0.5) is 0 Å². The Morgan fingerprint density at radius 1 is 1.09 bits per heavy atom. The van der Waals surface area contributed by atoms with Crippen LogP contribution < -0.4 is 5.32 Å². The normalized spacial score (nSPS) is 22.2. The molecule has 1 saturated heterocycles. The number of carbonyl (C=O) groups excluding carboxylic acids is 1. The molecule has 3 nitrogen and oxygen atoms in total. The first-order valence-electron chi connectivity index (χ1n) is 9.14. The molecule has 1 N–H and O–H groups in total. The van der Waals surface area contributed by atoms with Gasteiger partial charge >= 0.3 is 0 Å². The second-order valence-electron chi connectivity index (χ2n) is 7.30. The Bertz CT molecular complexity index is 310. The molecule has 2 rings (SSSR count). The molecule has 0 aromatic rings. The Labute approximate surface area is 143 Å². The number of piperidine rings is 1. The maximum absolute atomic E-state index is 12.6. The van der Waals surface area contributed by atoms with Gasteiger partial charge in [0.15, 0.2) is 0 Å². The summed E-state index contributed by atoms with van der Waals surface area (Å²) in [4.78, 5) is 14.7. The van der Waals surface area contributed by atoms with Crippen LogP contribution in [0.25, 0.3) is 0 Å². The zero-order chi connectivity index (χ0) is 15.1. The first kappa shape index (κ1) is 19.8. The third-order valence-corrected chi connectivity index (χ3v) is 5.56. The molecule has 1 heterocycles. The van der Waals surface area contributed by atoms with Crippen LogP contribution in [0.3, 0.4) is 0 Å². The lowest BCUT2D eigenvalue weighted by atomic mass is 9.82. The lowest BCUT2D eigenvalue weighted by Gasteiger charge is -2.34. The summed E-state index contributed by atoms with van der Waals surface area (Å²) >= 11 is 0. The molecule has 1 unspecified atom stereocenters. The molecule has 1 aliphatic carbocycles. The van der Waals surface area contributed by atoms with Gasteiger partial charge in [-0.05, 0) is 51.1 Å². The zero-order valence-corrected chi connectivity index (χ0v) is 15.3. The highest BCUT2D eigenvalue weighted by Gasteiger charge is 2.27. The molecule has 0 aromatic carbocycles. The van der Waals surface area contributed by atoms with E-state index >= 15 is 0 Å². The second kappa shape index (κ2) is 10.5. The first-order chi connectivity index (χ1) is 10.2. The number of nitrogens with zero attached hydrogens (tertiary/aromatic N) is 1. The maximum atomic E-state index is 12.6. The number of likely N-dealkylation sites (tertiary alicyclic amines) is 1. The molecular formula is C18H35ClN2O. The van der Waals surface area contributed by atoms with Gasteiger partial charge in [0.05, 0.1) is 0 Å². The highest BCUT2D eigenvalue weighted by atomic mass is 35.5. The van der Waals surface area contributed by atoms with Crippen molar-refractivity contribution in [3.05, 3.63) is 0 Å². The largest absolute Gasteiger partial charge is 0.342 e. The van der Waals surface area contributed by atoms with Crippen molar-refractivity contribution in [2.24, 2.45) is 17.8 Å². The molecule has 0 radical (unpaired) electrons. The van der Waals surface area contributed by atoms with E-state index in [-0.39, 0.29) is 18.3 Å². The summed E-state index contributed by atoms with van der Waals surface area (Å²) in [6.07, 6.45) is 11.6. The molecule has 0 aromatic heterocycles. The third-order valence-electron chi connectivity index (χ3n) is 5.56. The molecule has 0 spiro atoms. The minimum absolute atomic E-state index is 0. The number of nitrogens with one attached hydrogen (secondary N) is 1. The number of hydrogen-bond donors (Lipinski definition) is 1. The Morgan fingerprint density at radius 3 is 2.32 bits per heavy atom. The fourth-order valence-electron chi connectivity index (χ4n) is 4.13. The van der Waals surface area contributed by atoms with Gasteiger partial charge in [-0.15, -0.1) is 12.4 Å². The summed E-state index contributed by atoms with van der Waals surface area (Å²) in [5, 5.41) is 3.23. The molecule has 22 heavy (non-hydrogen) atoms. The smallest absolute Gasteiger partial charge is 0.225 e. The van der Waals surface area contributed by atoms with E-state index < -0.39 is 0 Å². The van der Waals surface area contributed by atoms with Crippen molar-refractivity contribution in [2.75, 3.05) is 26.7 Å². The van der Waals surface area contributed by atoms with E-state index in [9.17, 15) is 4.79 Å². The molecule has 1 amide bonds. The van der Waals surface area contributed by atoms with E-state index in [2.05, 4.69) is 17.1 Å². The van der Waals surface area contributed by atoms with Crippen LogP contribution in [0.5, 0.6) is 0 Å². The van der Waals surface area contributed by atoms with Crippen LogP contribution in [0.1, 0.15) is 64.7 Å². The highest BCUT2D eigenvalue weighted by Crippen LogP contribution is 2.30. The van der Waals surface area contributed by atoms with E-state index in [1.165, 1.54) is 51.4 Å². The van der Waals surface area contributed by atoms with Crippen molar-refractivity contribution in [2.45, 2.75) is 64.7 Å². The summed E-state index contributed by atoms with van der Waals surface area (Å²) in [5.74, 6) is 2.29. The Hall–Kier alpha value is -0.280. The predicted octanol–water partition coefficient (Wildman–Crippen LogP) is 3.86. The molecule has 0 bridgehead atoms. The molecule has 1 saturated carbocycles. The fraction of sp³-hybridized carbons (Fsp3) is 0.944. The predicted molar refractivity (Wildman–Crippen MR) is 95.5 cm³/mol. The van der Waals surface area contributed by atoms with Gasteiger partial charge in [0, 0.05) is 19.0 Å². The SMILES string of the molecule is CNCCC1CCN(C(=O)C(C)CC2CCCCC2)CC1.Cl. The van der Waals surface area contributed by atoms with E-state index in [0.717, 1.165) is 37.9 Å². The van der Waals surface area contributed by atoms with Crippen molar-refractivity contribution >= 4 is 18.3 Å². The van der Waals surface area contributed by atoms with Crippen molar-refractivity contribution < 1.29 is 4.79 Å². The highest BCUT2D eigenvalue weighted by molar-refractivity contribution is 5.85. The van der Waals surface area contributed by atoms with Gasteiger partial charge in [-0.1, -0.05) is 39.0 Å². The number of hydrogen-bond acceptors (Lipinski definition) is 2. The van der Waals surface area contributed by atoms with Gasteiger partial charge < -0.3 is 10.2 Å². The van der Waals surface area contributed by atoms with Gasteiger partial charge in [0.25, 0.3) is 0 Å². The second-order valence-corrected chi connectivity index (χ2v) is 7.30. The molecule has 1 aliphatic heterocycles. The van der Waals surface area contributed by atoms with Gasteiger partial charge in [-0.2, -0.15) is 0 Å². The van der Waals surface area contributed by atoms with E-state index in [4.69, 9.17) is 0 Å². The summed E-state index contributed by atoms with van der Waals surface area (Å²) in [6, 6.07) is 0. The molecule has 130 valence electrons. The molecule has 1 atom stereocenters. The van der Waals surface area contributed by atoms with E-state index in [1.54, 1.807) is 0 Å². The van der Waals surface area contributed by atoms with E-state index in [0.29, 0.717) is 5.91 Å². The first-order valence-corrected chi connectivity index (χ1v) is 9.14. The van der Waals surface area contributed by atoms with Crippen molar-refractivity contribution in [1.29, 1.82) is 0 Å². The summed E-state index contributed by atoms with van der Waals surface area (Å²) in [6.45, 7) is 5.24. The maximum Gasteiger partial charge on any atom is 0.225 e. The minimum atomic E-state index is 0. The Balaban J connectivity index is 0.00000242. The van der Waals surface area contributed by atoms with Crippen molar-refractivity contribution in [3.8, 4) is 0 Å². The standard InChI is InChI=1S/C18H34N2O.ClH/c1-15(14-17-6-4-3-5-7-17)18(21)20-12-9-16(10-13-20)8-11-19-2;/h15-17,19H,3-14H2,1-2H3;1H. The number of halogens is 1. The Morgan fingerprint density at radius 2 is 1.73 bits per heavy atom. The van der Waals surface area contributed by atoms with Crippen LogP contribution in [0, 0.1) is 17.8 Å². The molecule has 2 fully saturated rings.